The molecule has 1 aromatic rings. The van der Waals surface area contributed by atoms with Gasteiger partial charge in [0.1, 0.15) is 0 Å². The first kappa shape index (κ1) is 14.1. The van der Waals surface area contributed by atoms with Gasteiger partial charge in [-0.05, 0) is 23.8 Å². The average Bonchev–Trinajstić information content (AvgIpc) is 2.34. The molecule has 0 aliphatic rings. The Balaban J connectivity index is 2.34. The lowest BCUT2D eigenvalue weighted by Crippen LogP contribution is -2.01. The molecule has 0 aliphatic heterocycles. The Labute approximate surface area is 107 Å². The van der Waals surface area contributed by atoms with Gasteiger partial charge in [-0.2, -0.15) is 11.8 Å². The van der Waals surface area contributed by atoms with Crippen LogP contribution in [0.5, 0.6) is 0 Å². The fraction of sp³-hybridized carbons (Fsp3) is 0.500. The van der Waals surface area contributed by atoms with Gasteiger partial charge in [0.2, 0.25) is 0 Å². The van der Waals surface area contributed by atoms with Crippen LogP contribution in [0.1, 0.15) is 48.5 Å². The summed E-state index contributed by atoms with van der Waals surface area (Å²) in [6.07, 6.45) is 5.07. The largest absolute Gasteiger partial charge is 0.478 e. The molecule has 1 aromatic carbocycles. The summed E-state index contributed by atoms with van der Waals surface area (Å²) < 4.78 is 0. The normalized spacial score (nSPS) is 10.4. The van der Waals surface area contributed by atoms with Gasteiger partial charge in [-0.15, -0.1) is 0 Å². The van der Waals surface area contributed by atoms with Crippen LogP contribution < -0.4 is 0 Å². The highest BCUT2D eigenvalue weighted by Gasteiger charge is 2.08. The monoisotopic (exact) mass is 252 g/mol. The van der Waals surface area contributed by atoms with Crippen LogP contribution in [0.4, 0.5) is 0 Å². The Morgan fingerprint density at radius 2 is 2.00 bits per heavy atom. The van der Waals surface area contributed by atoms with Gasteiger partial charge in [0, 0.05) is 5.75 Å². The smallest absolute Gasteiger partial charge is 0.335 e. The van der Waals surface area contributed by atoms with E-state index >= 15 is 0 Å². The molecule has 0 amide bonds. The highest BCUT2D eigenvalue weighted by Crippen LogP contribution is 2.18. The lowest BCUT2D eigenvalue weighted by atomic mass is 10.1. The zero-order valence-corrected chi connectivity index (χ0v) is 11.1. The molecule has 0 aromatic heterocycles. The van der Waals surface area contributed by atoms with Gasteiger partial charge in [0.15, 0.2) is 0 Å². The van der Waals surface area contributed by atoms with Crippen LogP contribution in [0.15, 0.2) is 24.3 Å². The number of carboxylic acids is 1. The molecule has 0 spiro atoms. The molecule has 0 radical (unpaired) electrons. The second-order valence-electron chi connectivity index (χ2n) is 4.08. The third-order valence-electron chi connectivity index (χ3n) is 2.65. The molecule has 0 atom stereocenters. The maximum atomic E-state index is 11.0. The Morgan fingerprint density at radius 1 is 1.24 bits per heavy atom. The number of unbranched alkanes of at least 4 members (excludes halogenated alkanes) is 3. The van der Waals surface area contributed by atoms with E-state index in [0.29, 0.717) is 5.56 Å². The second kappa shape index (κ2) is 8.18. The van der Waals surface area contributed by atoms with Crippen LogP contribution in [-0.2, 0) is 5.75 Å². The van der Waals surface area contributed by atoms with E-state index in [1.165, 1.54) is 25.7 Å². The van der Waals surface area contributed by atoms with E-state index in [1.54, 1.807) is 12.1 Å². The van der Waals surface area contributed by atoms with Crippen molar-refractivity contribution in [3.8, 4) is 0 Å². The number of hydrogen-bond acceptors (Lipinski definition) is 2. The van der Waals surface area contributed by atoms with Crippen molar-refractivity contribution in [3.05, 3.63) is 35.4 Å². The second-order valence-corrected chi connectivity index (χ2v) is 5.18. The number of aromatic carboxylic acids is 1. The predicted octanol–water partition coefficient (Wildman–Crippen LogP) is 4.20. The number of carbonyl (C=O) groups is 1. The summed E-state index contributed by atoms with van der Waals surface area (Å²) in [4.78, 5) is 11.0. The van der Waals surface area contributed by atoms with Gasteiger partial charge in [0.25, 0.3) is 0 Å². The number of thioether (sulfide) groups is 1. The summed E-state index contributed by atoms with van der Waals surface area (Å²) in [6.45, 7) is 2.20. The van der Waals surface area contributed by atoms with E-state index in [9.17, 15) is 4.79 Å². The zero-order valence-electron chi connectivity index (χ0n) is 10.3. The van der Waals surface area contributed by atoms with E-state index in [-0.39, 0.29) is 0 Å². The summed E-state index contributed by atoms with van der Waals surface area (Å²) in [5.41, 5.74) is 1.37. The summed E-state index contributed by atoms with van der Waals surface area (Å²) in [6, 6.07) is 7.26. The van der Waals surface area contributed by atoms with Gasteiger partial charge < -0.3 is 5.11 Å². The molecule has 0 fully saturated rings. The lowest BCUT2D eigenvalue weighted by molar-refractivity contribution is 0.0696. The minimum atomic E-state index is -0.827. The number of benzene rings is 1. The average molecular weight is 252 g/mol. The molecular formula is C14H20O2S. The van der Waals surface area contributed by atoms with Crippen molar-refractivity contribution in [1.82, 2.24) is 0 Å². The maximum Gasteiger partial charge on any atom is 0.335 e. The Hall–Kier alpha value is -0.960. The van der Waals surface area contributed by atoms with Crippen LogP contribution in [0.2, 0.25) is 0 Å². The summed E-state index contributed by atoms with van der Waals surface area (Å²) in [5, 5.41) is 9.03. The van der Waals surface area contributed by atoms with Gasteiger partial charge >= 0.3 is 5.97 Å². The number of rotatable bonds is 8. The number of hydrogen-bond donors (Lipinski definition) is 1. The van der Waals surface area contributed by atoms with Crippen molar-refractivity contribution in [2.75, 3.05) is 5.75 Å². The summed E-state index contributed by atoms with van der Waals surface area (Å²) >= 11 is 1.83. The van der Waals surface area contributed by atoms with Crippen LogP contribution in [0.25, 0.3) is 0 Å². The molecule has 0 bridgehead atoms. The predicted molar refractivity (Wildman–Crippen MR) is 73.7 cm³/mol. The van der Waals surface area contributed by atoms with Crippen LogP contribution in [-0.4, -0.2) is 16.8 Å². The molecule has 1 rings (SSSR count). The molecule has 3 heteroatoms. The first-order valence-electron chi connectivity index (χ1n) is 6.14. The molecule has 1 N–H and O–H groups in total. The topological polar surface area (TPSA) is 37.3 Å². The summed E-state index contributed by atoms with van der Waals surface area (Å²) in [5.74, 6) is 1.09. The van der Waals surface area contributed by atoms with E-state index < -0.39 is 5.97 Å². The van der Waals surface area contributed by atoms with Crippen LogP contribution in [0.3, 0.4) is 0 Å². The number of carboxylic acid groups (broad SMARTS) is 1. The standard InChI is InChI=1S/C14H20O2S/c1-2-3-4-7-10-17-11-12-8-5-6-9-13(12)14(15)16/h5-6,8-9H,2-4,7,10-11H2,1H3,(H,15,16). The van der Waals surface area contributed by atoms with Crippen molar-refractivity contribution in [3.63, 3.8) is 0 Å². The van der Waals surface area contributed by atoms with E-state index in [1.807, 2.05) is 23.9 Å². The van der Waals surface area contributed by atoms with Crippen LogP contribution in [0, 0.1) is 0 Å². The Morgan fingerprint density at radius 3 is 2.71 bits per heavy atom. The third kappa shape index (κ3) is 5.26. The van der Waals surface area contributed by atoms with Gasteiger partial charge in [-0.1, -0.05) is 44.4 Å². The molecule has 0 unspecified atom stereocenters. The van der Waals surface area contributed by atoms with Gasteiger partial charge in [0.05, 0.1) is 5.56 Å². The van der Waals surface area contributed by atoms with Crippen molar-refractivity contribution < 1.29 is 9.90 Å². The van der Waals surface area contributed by atoms with Crippen molar-refractivity contribution in [2.45, 2.75) is 38.4 Å². The summed E-state index contributed by atoms with van der Waals surface area (Å²) in [7, 11) is 0. The molecule has 0 saturated carbocycles. The minimum Gasteiger partial charge on any atom is -0.478 e. The molecular weight excluding hydrogens is 232 g/mol. The highest BCUT2D eigenvalue weighted by atomic mass is 32.2. The fourth-order valence-electron chi connectivity index (χ4n) is 1.67. The quantitative estimate of drug-likeness (QED) is 0.705. The van der Waals surface area contributed by atoms with Gasteiger partial charge in [-0.3, -0.25) is 0 Å². The van der Waals surface area contributed by atoms with Crippen LogP contribution >= 0.6 is 11.8 Å². The first-order valence-corrected chi connectivity index (χ1v) is 7.30. The van der Waals surface area contributed by atoms with E-state index in [2.05, 4.69) is 6.92 Å². The first-order chi connectivity index (χ1) is 8.25. The molecule has 17 heavy (non-hydrogen) atoms. The van der Waals surface area contributed by atoms with Crippen molar-refractivity contribution >= 4 is 17.7 Å². The molecule has 94 valence electrons. The molecule has 0 saturated heterocycles. The molecule has 2 nitrogen and oxygen atoms in total. The van der Waals surface area contributed by atoms with Crippen molar-refractivity contribution in [1.29, 1.82) is 0 Å². The zero-order chi connectivity index (χ0) is 12.5. The Kier molecular flexibility index (Phi) is 6.78. The lowest BCUT2D eigenvalue weighted by Gasteiger charge is -2.05. The third-order valence-corrected chi connectivity index (χ3v) is 3.74. The maximum absolute atomic E-state index is 11.0. The van der Waals surface area contributed by atoms with Gasteiger partial charge in [-0.25, -0.2) is 4.79 Å². The highest BCUT2D eigenvalue weighted by molar-refractivity contribution is 7.98. The van der Waals surface area contributed by atoms with E-state index in [4.69, 9.17) is 5.11 Å². The SMILES string of the molecule is CCCCCCSCc1ccccc1C(=O)O. The minimum absolute atomic E-state index is 0.438. The fourth-order valence-corrected chi connectivity index (χ4v) is 2.69. The Bertz CT molecular complexity index is 350. The van der Waals surface area contributed by atoms with Crippen molar-refractivity contribution in [2.24, 2.45) is 0 Å². The molecule has 0 heterocycles. The van der Waals surface area contributed by atoms with E-state index in [0.717, 1.165) is 17.1 Å². The molecule has 0 aliphatic carbocycles.